The van der Waals surface area contributed by atoms with Crippen molar-refractivity contribution in [2.45, 2.75) is 12.3 Å². The van der Waals surface area contributed by atoms with Gasteiger partial charge in [-0.25, -0.2) is 9.97 Å². The lowest BCUT2D eigenvalue weighted by molar-refractivity contribution is 0.782. The summed E-state index contributed by atoms with van der Waals surface area (Å²) in [6.07, 6.45) is 2.09. The van der Waals surface area contributed by atoms with Crippen molar-refractivity contribution in [2.24, 2.45) is 0 Å². The Morgan fingerprint density at radius 3 is 2.54 bits per heavy atom. The van der Waals surface area contributed by atoms with Gasteiger partial charge in [0.1, 0.15) is 11.3 Å². The van der Waals surface area contributed by atoms with Crippen molar-refractivity contribution in [3.63, 3.8) is 0 Å². The monoisotopic (exact) mass is 334 g/mol. The SMILES string of the molecule is CSCc1nc2c(N)nc3ccccc3c2n1Cc1ccccc1. The third kappa shape index (κ3) is 2.51. The Kier molecular flexibility index (Phi) is 3.86. The number of aromatic nitrogens is 3. The molecule has 2 aromatic carbocycles. The molecule has 0 fully saturated rings. The third-order valence-corrected chi connectivity index (χ3v) is 4.69. The van der Waals surface area contributed by atoms with Crippen molar-refractivity contribution in [2.75, 3.05) is 12.0 Å². The highest BCUT2D eigenvalue weighted by atomic mass is 32.2. The second-order valence-electron chi connectivity index (χ2n) is 5.74. The first kappa shape index (κ1) is 15.0. The first-order valence-electron chi connectivity index (χ1n) is 7.84. The summed E-state index contributed by atoms with van der Waals surface area (Å²) in [4.78, 5) is 9.32. The third-order valence-electron chi connectivity index (χ3n) is 4.15. The first-order chi connectivity index (χ1) is 11.8. The van der Waals surface area contributed by atoms with Crippen molar-refractivity contribution < 1.29 is 0 Å². The fourth-order valence-electron chi connectivity index (χ4n) is 3.08. The molecule has 120 valence electrons. The maximum absolute atomic E-state index is 6.20. The van der Waals surface area contributed by atoms with Gasteiger partial charge in [-0.15, -0.1) is 0 Å². The average molecular weight is 334 g/mol. The fourth-order valence-corrected chi connectivity index (χ4v) is 3.56. The van der Waals surface area contributed by atoms with E-state index in [0.29, 0.717) is 5.82 Å². The van der Waals surface area contributed by atoms with Crippen LogP contribution in [0.15, 0.2) is 54.6 Å². The number of fused-ring (bicyclic) bond motifs is 3. The number of nitrogens with two attached hydrogens (primary N) is 1. The highest BCUT2D eigenvalue weighted by Crippen LogP contribution is 2.30. The van der Waals surface area contributed by atoms with Gasteiger partial charge in [-0.05, 0) is 17.9 Å². The molecule has 2 N–H and O–H groups in total. The summed E-state index contributed by atoms with van der Waals surface area (Å²) >= 11 is 1.76. The molecule has 4 aromatic rings. The number of pyridine rings is 1. The summed E-state index contributed by atoms with van der Waals surface area (Å²) < 4.78 is 2.28. The number of para-hydroxylation sites is 1. The van der Waals surface area contributed by atoms with E-state index in [2.05, 4.69) is 46.1 Å². The quantitative estimate of drug-likeness (QED) is 0.611. The zero-order chi connectivity index (χ0) is 16.5. The van der Waals surface area contributed by atoms with Crippen LogP contribution in [0, 0.1) is 0 Å². The van der Waals surface area contributed by atoms with Crippen molar-refractivity contribution in [1.82, 2.24) is 14.5 Å². The molecule has 0 spiro atoms. The molecule has 0 aliphatic heterocycles. The first-order valence-corrected chi connectivity index (χ1v) is 9.23. The van der Waals surface area contributed by atoms with E-state index in [1.165, 1.54) is 5.56 Å². The van der Waals surface area contributed by atoms with Crippen LogP contribution in [-0.4, -0.2) is 20.8 Å². The molecule has 0 amide bonds. The summed E-state index contributed by atoms with van der Waals surface area (Å²) in [6.45, 7) is 0.778. The lowest BCUT2D eigenvalue weighted by atomic mass is 10.1. The zero-order valence-corrected chi connectivity index (χ0v) is 14.3. The molecule has 4 rings (SSSR count). The number of hydrogen-bond acceptors (Lipinski definition) is 4. The predicted molar refractivity (Wildman–Crippen MR) is 102 cm³/mol. The Morgan fingerprint density at radius 1 is 1.00 bits per heavy atom. The van der Waals surface area contributed by atoms with Crippen molar-refractivity contribution in [3.05, 3.63) is 66.0 Å². The molecule has 0 atom stereocenters. The van der Waals surface area contributed by atoms with Crippen LogP contribution in [0.5, 0.6) is 0 Å². The smallest absolute Gasteiger partial charge is 0.152 e. The fraction of sp³-hybridized carbons (Fsp3) is 0.158. The standard InChI is InChI=1S/C19H18N4S/c1-24-12-16-22-17-18(23(16)11-13-7-3-2-4-8-13)14-9-5-6-10-15(14)21-19(17)20/h2-10H,11-12H2,1H3,(H2,20,21). The lowest BCUT2D eigenvalue weighted by Crippen LogP contribution is -2.05. The van der Waals surface area contributed by atoms with E-state index in [4.69, 9.17) is 10.7 Å². The summed E-state index contributed by atoms with van der Waals surface area (Å²) in [5.74, 6) is 2.37. The van der Waals surface area contributed by atoms with Crippen LogP contribution in [0.2, 0.25) is 0 Å². The average Bonchev–Trinajstić information content (AvgIpc) is 2.96. The summed E-state index contributed by atoms with van der Waals surface area (Å²) in [5, 5.41) is 1.09. The highest BCUT2D eigenvalue weighted by molar-refractivity contribution is 7.97. The van der Waals surface area contributed by atoms with E-state index in [0.717, 1.165) is 40.1 Å². The molecule has 0 saturated carbocycles. The second-order valence-corrected chi connectivity index (χ2v) is 6.61. The van der Waals surface area contributed by atoms with Gasteiger partial charge in [0.15, 0.2) is 5.82 Å². The number of rotatable bonds is 4. The van der Waals surface area contributed by atoms with Gasteiger partial charge in [0.2, 0.25) is 0 Å². The van der Waals surface area contributed by atoms with Crippen LogP contribution in [0.3, 0.4) is 0 Å². The molecule has 2 heterocycles. The zero-order valence-electron chi connectivity index (χ0n) is 13.4. The van der Waals surface area contributed by atoms with Gasteiger partial charge in [0.25, 0.3) is 0 Å². The Labute approximate surface area is 144 Å². The number of thioether (sulfide) groups is 1. The number of nitrogens with zero attached hydrogens (tertiary/aromatic N) is 3. The Morgan fingerprint density at radius 2 is 1.75 bits per heavy atom. The normalized spacial score (nSPS) is 11.4. The molecule has 2 aromatic heterocycles. The number of nitrogen functional groups attached to an aromatic ring is 1. The Bertz CT molecular complexity index is 1010. The van der Waals surface area contributed by atoms with E-state index < -0.39 is 0 Å². The molecule has 0 bridgehead atoms. The van der Waals surface area contributed by atoms with E-state index in [1.54, 1.807) is 11.8 Å². The van der Waals surface area contributed by atoms with Crippen LogP contribution in [0.25, 0.3) is 21.9 Å². The van der Waals surface area contributed by atoms with Crippen LogP contribution >= 0.6 is 11.8 Å². The summed E-state index contributed by atoms with van der Waals surface area (Å²) in [5.41, 5.74) is 10.2. The van der Waals surface area contributed by atoms with Crippen LogP contribution in [-0.2, 0) is 12.3 Å². The minimum absolute atomic E-state index is 0.498. The lowest BCUT2D eigenvalue weighted by Gasteiger charge is -2.10. The maximum Gasteiger partial charge on any atom is 0.152 e. The number of anilines is 1. The minimum atomic E-state index is 0.498. The van der Waals surface area contributed by atoms with E-state index >= 15 is 0 Å². The number of benzene rings is 2. The van der Waals surface area contributed by atoms with Gasteiger partial charge in [-0.2, -0.15) is 11.8 Å². The minimum Gasteiger partial charge on any atom is -0.382 e. The molecule has 0 aliphatic carbocycles. The molecule has 0 unspecified atom stereocenters. The molecule has 0 radical (unpaired) electrons. The van der Waals surface area contributed by atoms with E-state index in [9.17, 15) is 0 Å². The number of imidazole rings is 1. The highest BCUT2D eigenvalue weighted by Gasteiger charge is 2.17. The van der Waals surface area contributed by atoms with Crippen molar-refractivity contribution >= 4 is 39.5 Å². The summed E-state index contributed by atoms with van der Waals surface area (Å²) in [7, 11) is 0. The van der Waals surface area contributed by atoms with Gasteiger partial charge < -0.3 is 10.3 Å². The van der Waals surface area contributed by atoms with Crippen LogP contribution in [0.1, 0.15) is 11.4 Å². The molecule has 4 nitrogen and oxygen atoms in total. The predicted octanol–water partition coefficient (Wildman–Crippen LogP) is 4.08. The molecule has 5 heteroatoms. The summed E-state index contributed by atoms with van der Waals surface area (Å²) in [6, 6.07) is 18.6. The Hall–Kier alpha value is -2.53. The van der Waals surface area contributed by atoms with E-state index in [1.807, 2.05) is 24.3 Å². The van der Waals surface area contributed by atoms with Crippen LogP contribution < -0.4 is 5.73 Å². The molecule has 24 heavy (non-hydrogen) atoms. The van der Waals surface area contributed by atoms with Crippen molar-refractivity contribution in [1.29, 1.82) is 0 Å². The van der Waals surface area contributed by atoms with Gasteiger partial charge in [0, 0.05) is 11.9 Å². The molecule has 0 aliphatic rings. The second kappa shape index (κ2) is 6.17. The topological polar surface area (TPSA) is 56.7 Å². The van der Waals surface area contributed by atoms with Gasteiger partial charge in [0.05, 0.1) is 16.8 Å². The Balaban J connectivity index is 2.02. The van der Waals surface area contributed by atoms with Crippen molar-refractivity contribution in [3.8, 4) is 0 Å². The molecular weight excluding hydrogens is 316 g/mol. The van der Waals surface area contributed by atoms with Gasteiger partial charge in [-0.3, -0.25) is 0 Å². The van der Waals surface area contributed by atoms with E-state index in [-0.39, 0.29) is 0 Å². The van der Waals surface area contributed by atoms with Gasteiger partial charge >= 0.3 is 0 Å². The van der Waals surface area contributed by atoms with Gasteiger partial charge in [-0.1, -0.05) is 48.5 Å². The van der Waals surface area contributed by atoms with Crippen LogP contribution in [0.4, 0.5) is 5.82 Å². The number of hydrogen-bond donors (Lipinski definition) is 1. The molecular formula is C19H18N4S. The largest absolute Gasteiger partial charge is 0.382 e. The maximum atomic E-state index is 6.20. The molecule has 0 saturated heterocycles.